The Balaban J connectivity index is 1.28. The molecule has 10 atom stereocenters. The molecule has 0 radical (unpaired) electrons. The van der Waals surface area contributed by atoms with Crippen molar-refractivity contribution in [1.82, 2.24) is 0 Å². The zero-order valence-corrected chi connectivity index (χ0v) is 27.7. The first kappa shape index (κ1) is 31.1. The van der Waals surface area contributed by atoms with E-state index in [1.807, 2.05) is 25.1 Å². The highest BCUT2D eigenvalue weighted by atomic mass is 32.2. The van der Waals surface area contributed by atoms with Gasteiger partial charge in [-0.25, -0.2) is 8.42 Å². The maximum atomic E-state index is 14.4. The normalized spacial score (nSPS) is 43.3. The van der Waals surface area contributed by atoms with Gasteiger partial charge in [-0.05, 0) is 142 Å². The molecule has 0 bridgehead atoms. The first-order chi connectivity index (χ1) is 19.8. The van der Waals surface area contributed by atoms with Crippen LogP contribution in [0.15, 0.2) is 35.2 Å². The highest BCUT2D eigenvalue weighted by molar-refractivity contribution is 7.92. The number of hydrogen-bond donors (Lipinski definition) is 2. The molecular weight excluding hydrogens is 540 g/mol. The molecule has 2 N–H and O–H groups in total. The largest absolute Gasteiger partial charge is 0.390 e. The van der Waals surface area contributed by atoms with E-state index < -0.39 is 26.3 Å². The van der Waals surface area contributed by atoms with Crippen molar-refractivity contribution in [3.8, 4) is 0 Å². The molecule has 1 aromatic carbocycles. The molecule has 5 fully saturated rings. The van der Waals surface area contributed by atoms with Gasteiger partial charge in [-0.15, -0.1) is 0 Å². The van der Waals surface area contributed by atoms with Crippen molar-refractivity contribution in [2.75, 3.05) is 0 Å². The molecule has 0 spiro atoms. The van der Waals surface area contributed by atoms with E-state index in [4.69, 9.17) is 0 Å². The SMILES string of the molecule is C[C@H](C(CC1(O)CCCCCC1)S(=O)(=O)c1ccccc1)[C@H]1CC[C@H]2[C@@H]3CC[C@H]4C[C@@](C)(O)CC[C@]4(C)[C@H]3CC[C@]12C. The molecule has 0 aliphatic heterocycles. The van der Waals surface area contributed by atoms with E-state index in [0.717, 1.165) is 76.0 Å². The molecule has 5 aliphatic carbocycles. The summed E-state index contributed by atoms with van der Waals surface area (Å²) < 4.78 is 28.9. The Kier molecular flexibility index (Phi) is 8.26. The van der Waals surface area contributed by atoms with Crippen molar-refractivity contribution in [1.29, 1.82) is 0 Å². The van der Waals surface area contributed by atoms with E-state index in [9.17, 15) is 18.6 Å². The topological polar surface area (TPSA) is 74.6 Å². The van der Waals surface area contributed by atoms with Crippen molar-refractivity contribution in [2.24, 2.45) is 46.3 Å². The maximum absolute atomic E-state index is 14.4. The average Bonchev–Trinajstić information content (AvgIpc) is 3.16. The van der Waals surface area contributed by atoms with E-state index >= 15 is 0 Å². The molecule has 4 nitrogen and oxygen atoms in total. The second kappa shape index (κ2) is 11.2. The van der Waals surface area contributed by atoms with Gasteiger partial charge in [0.05, 0.1) is 21.3 Å². The lowest BCUT2D eigenvalue weighted by molar-refractivity contribution is -0.148. The van der Waals surface area contributed by atoms with Gasteiger partial charge >= 0.3 is 0 Å². The van der Waals surface area contributed by atoms with Gasteiger partial charge in [0.1, 0.15) is 0 Å². The molecule has 1 unspecified atom stereocenters. The zero-order valence-electron chi connectivity index (χ0n) is 26.9. The number of sulfone groups is 1. The first-order valence-electron chi connectivity index (χ1n) is 17.5. The number of hydrogen-bond acceptors (Lipinski definition) is 4. The molecule has 236 valence electrons. The van der Waals surface area contributed by atoms with Gasteiger partial charge in [-0.1, -0.05) is 64.7 Å². The summed E-state index contributed by atoms with van der Waals surface area (Å²) in [7, 11) is -3.60. The summed E-state index contributed by atoms with van der Waals surface area (Å²) in [5, 5.41) is 22.2. The van der Waals surface area contributed by atoms with Crippen LogP contribution in [0.1, 0.15) is 130 Å². The van der Waals surface area contributed by atoms with Gasteiger partial charge in [-0.3, -0.25) is 0 Å². The summed E-state index contributed by atoms with van der Waals surface area (Å²) in [5.74, 6) is 3.11. The summed E-state index contributed by atoms with van der Waals surface area (Å²) in [6.45, 7) is 9.36. The second-order valence-electron chi connectivity index (χ2n) is 16.7. The Morgan fingerprint density at radius 2 is 1.45 bits per heavy atom. The van der Waals surface area contributed by atoms with Crippen LogP contribution in [-0.4, -0.2) is 35.1 Å². The van der Waals surface area contributed by atoms with Crippen molar-refractivity contribution >= 4 is 9.84 Å². The van der Waals surface area contributed by atoms with Gasteiger partial charge < -0.3 is 10.2 Å². The standard InChI is InChI=1S/C37H58O4S/c1-26(33(25-37(39)19-10-5-6-11-20-37)42(40,41)28-12-8-7-9-13-28)30-16-17-31-29-15-14-27-24-34(2,38)22-23-35(27,3)32(29)18-21-36(30,31)4/h7-9,12-13,26-27,29-33,38-39H,5-6,10-11,14-25H2,1-4H3/t26-,27-,29-,30+,31-,32-,33?,34-,35-,36+/m0/s1. The molecule has 0 saturated heterocycles. The summed E-state index contributed by atoms with van der Waals surface area (Å²) in [6.07, 6.45) is 16.4. The first-order valence-corrected chi connectivity index (χ1v) is 19.1. The number of fused-ring (bicyclic) bond motifs is 5. The predicted octanol–water partition coefficient (Wildman–Crippen LogP) is 8.35. The summed E-state index contributed by atoms with van der Waals surface area (Å²) in [4.78, 5) is 0.418. The van der Waals surface area contributed by atoms with Crippen LogP contribution in [0, 0.1) is 46.3 Å². The molecule has 42 heavy (non-hydrogen) atoms. The average molecular weight is 599 g/mol. The van der Waals surface area contributed by atoms with Crippen LogP contribution in [0.2, 0.25) is 0 Å². The third-order valence-electron chi connectivity index (χ3n) is 14.3. The molecule has 0 aromatic heterocycles. The van der Waals surface area contributed by atoms with Gasteiger partial charge in [0, 0.05) is 0 Å². The minimum absolute atomic E-state index is 0.00531. The van der Waals surface area contributed by atoms with Gasteiger partial charge in [0.15, 0.2) is 9.84 Å². The van der Waals surface area contributed by atoms with E-state index in [1.54, 1.807) is 12.1 Å². The fourth-order valence-electron chi connectivity index (χ4n) is 11.9. The van der Waals surface area contributed by atoms with E-state index in [0.29, 0.717) is 34.5 Å². The van der Waals surface area contributed by atoms with Crippen LogP contribution in [0.4, 0.5) is 0 Å². The number of rotatable bonds is 6. The molecule has 6 rings (SSSR count). The molecular formula is C37H58O4S. The lowest BCUT2D eigenvalue weighted by Gasteiger charge is -2.62. The zero-order chi connectivity index (χ0) is 30.0. The monoisotopic (exact) mass is 598 g/mol. The lowest BCUT2D eigenvalue weighted by atomic mass is 9.43. The quantitative estimate of drug-likeness (QED) is 0.323. The minimum Gasteiger partial charge on any atom is -0.390 e. The third-order valence-corrected chi connectivity index (χ3v) is 16.7. The Morgan fingerprint density at radius 3 is 2.14 bits per heavy atom. The summed E-state index contributed by atoms with van der Waals surface area (Å²) in [5.41, 5.74) is -0.906. The molecule has 5 heteroatoms. The Morgan fingerprint density at radius 1 is 0.786 bits per heavy atom. The highest BCUT2D eigenvalue weighted by Gasteiger charge is 2.62. The van der Waals surface area contributed by atoms with Crippen LogP contribution < -0.4 is 0 Å². The summed E-state index contributed by atoms with van der Waals surface area (Å²) in [6, 6.07) is 9.09. The van der Waals surface area contributed by atoms with Gasteiger partial charge in [0.25, 0.3) is 0 Å². The van der Waals surface area contributed by atoms with Crippen LogP contribution in [0.25, 0.3) is 0 Å². The Bertz CT molecular complexity index is 1200. The Labute approximate surface area is 256 Å². The van der Waals surface area contributed by atoms with E-state index in [2.05, 4.69) is 20.8 Å². The molecule has 5 saturated carbocycles. The van der Waals surface area contributed by atoms with E-state index in [-0.39, 0.29) is 11.3 Å². The van der Waals surface area contributed by atoms with Gasteiger partial charge in [0.2, 0.25) is 0 Å². The second-order valence-corrected chi connectivity index (χ2v) is 18.9. The molecule has 0 heterocycles. The molecule has 0 amide bonds. The fraction of sp³-hybridized carbons (Fsp3) is 0.838. The minimum atomic E-state index is -3.60. The van der Waals surface area contributed by atoms with Crippen molar-refractivity contribution < 1.29 is 18.6 Å². The van der Waals surface area contributed by atoms with Gasteiger partial charge in [-0.2, -0.15) is 0 Å². The molecule has 1 aromatic rings. The third kappa shape index (κ3) is 5.34. The highest BCUT2D eigenvalue weighted by Crippen LogP contribution is 2.69. The number of benzene rings is 1. The van der Waals surface area contributed by atoms with Crippen molar-refractivity contribution in [3.63, 3.8) is 0 Å². The maximum Gasteiger partial charge on any atom is 0.181 e. The van der Waals surface area contributed by atoms with Crippen molar-refractivity contribution in [2.45, 2.75) is 152 Å². The van der Waals surface area contributed by atoms with Crippen LogP contribution >= 0.6 is 0 Å². The van der Waals surface area contributed by atoms with Crippen molar-refractivity contribution in [3.05, 3.63) is 30.3 Å². The van der Waals surface area contributed by atoms with Crippen LogP contribution in [0.5, 0.6) is 0 Å². The van der Waals surface area contributed by atoms with E-state index in [1.165, 1.54) is 32.1 Å². The predicted molar refractivity (Wildman–Crippen MR) is 170 cm³/mol. The number of aliphatic hydroxyl groups is 2. The van der Waals surface area contributed by atoms with Crippen LogP contribution in [-0.2, 0) is 9.84 Å². The lowest BCUT2D eigenvalue weighted by Crippen LogP contribution is -2.56. The van der Waals surface area contributed by atoms with Crippen LogP contribution in [0.3, 0.4) is 0 Å². The summed E-state index contributed by atoms with van der Waals surface area (Å²) >= 11 is 0. The molecule has 5 aliphatic rings. The Hall–Kier alpha value is -0.910. The smallest absolute Gasteiger partial charge is 0.181 e. The fourth-order valence-corrected chi connectivity index (χ4v) is 14.1.